The molecular formula is C15H24N2O2S. The van der Waals surface area contributed by atoms with E-state index in [4.69, 9.17) is 0 Å². The van der Waals surface area contributed by atoms with E-state index in [9.17, 15) is 8.42 Å². The molecule has 0 amide bonds. The molecule has 20 heavy (non-hydrogen) atoms. The quantitative estimate of drug-likeness (QED) is 0.896. The van der Waals surface area contributed by atoms with Gasteiger partial charge in [0, 0.05) is 12.1 Å². The van der Waals surface area contributed by atoms with Crippen molar-refractivity contribution in [1.82, 2.24) is 10.0 Å². The number of nitrogens with one attached hydrogen (secondary N) is 2. The predicted molar refractivity (Wildman–Crippen MR) is 81.3 cm³/mol. The fourth-order valence-electron chi connectivity index (χ4n) is 2.51. The Morgan fingerprint density at radius 2 is 2.10 bits per heavy atom. The van der Waals surface area contributed by atoms with Gasteiger partial charge in [-0.3, -0.25) is 0 Å². The minimum Gasteiger partial charge on any atom is -0.313 e. The molecule has 1 aliphatic rings. The maximum atomic E-state index is 12.5. The molecule has 1 aliphatic heterocycles. The zero-order valence-electron chi connectivity index (χ0n) is 12.4. The Morgan fingerprint density at radius 3 is 2.75 bits per heavy atom. The van der Waals surface area contributed by atoms with Crippen molar-refractivity contribution in [2.75, 3.05) is 6.54 Å². The standard InChI is InChI=1S/C15H24N2O2S/c1-11(2)13-6-4-7-14(10-13)20(18,19)17-15-8-5-9-16-12(15)3/h4,6-7,10-12,15-17H,5,8-9H2,1-3H3. The summed E-state index contributed by atoms with van der Waals surface area (Å²) in [7, 11) is -3.44. The van der Waals surface area contributed by atoms with E-state index in [-0.39, 0.29) is 12.1 Å². The molecule has 2 unspecified atom stereocenters. The SMILES string of the molecule is CC(C)c1cccc(S(=O)(=O)NC2CCCNC2C)c1. The topological polar surface area (TPSA) is 58.2 Å². The Balaban J connectivity index is 2.19. The van der Waals surface area contributed by atoms with Crippen molar-refractivity contribution in [2.45, 2.75) is 56.5 Å². The van der Waals surface area contributed by atoms with Crippen LogP contribution in [-0.2, 0) is 10.0 Å². The molecule has 1 heterocycles. The van der Waals surface area contributed by atoms with Gasteiger partial charge < -0.3 is 5.32 Å². The number of rotatable bonds is 4. The summed E-state index contributed by atoms with van der Waals surface area (Å²) in [6, 6.07) is 7.35. The third-order valence-corrected chi connectivity index (χ3v) is 5.39. The van der Waals surface area contributed by atoms with Crippen LogP contribution in [0.5, 0.6) is 0 Å². The van der Waals surface area contributed by atoms with E-state index in [0.29, 0.717) is 10.8 Å². The summed E-state index contributed by atoms with van der Waals surface area (Å²) in [5.74, 6) is 0.320. The van der Waals surface area contributed by atoms with Crippen LogP contribution in [-0.4, -0.2) is 27.0 Å². The lowest BCUT2D eigenvalue weighted by molar-refractivity contribution is 0.349. The molecule has 1 aromatic rings. The molecular weight excluding hydrogens is 272 g/mol. The third kappa shape index (κ3) is 3.59. The van der Waals surface area contributed by atoms with Crippen LogP contribution < -0.4 is 10.0 Å². The Labute approximate surface area is 122 Å². The second-order valence-electron chi connectivity index (χ2n) is 5.84. The molecule has 2 N–H and O–H groups in total. The molecule has 0 aromatic heterocycles. The van der Waals surface area contributed by atoms with Gasteiger partial charge in [-0.15, -0.1) is 0 Å². The van der Waals surface area contributed by atoms with Crippen molar-refractivity contribution < 1.29 is 8.42 Å². The first-order valence-corrected chi connectivity index (χ1v) is 8.74. The van der Waals surface area contributed by atoms with Gasteiger partial charge in [0.1, 0.15) is 0 Å². The Morgan fingerprint density at radius 1 is 1.35 bits per heavy atom. The molecule has 1 aromatic carbocycles. The Hall–Kier alpha value is -0.910. The summed E-state index contributed by atoms with van der Waals surface area (Å²) in [5.41, 5.74) is 1.04. The van der Waals surface area contributed by atoms with Crippen LogP contribution in [0, 0.1) is 0 Å². The van der Waals surface area contributed by atoms with E-state index in [1.807, 2.05) is 19.1 Å². The molecule has 0 aliphatic carbocycles. The molecule has 5 heteroatoms. The van der Waals surface area contributed by atoms with E-state index >= 15 is 0 Å². The van der Waals surface area contributed by atoms with Crippen molar-refractivity contribution >= 4 is 10.0 Å². The summed E-state index contributed by atoms with van der Waals surface area (Å²) in [6.07, 6.45) is 1.89. The van der Waals surface area contributed by atoms with Crippen molar-refractivity contribution in [3.63, 3.8) is 0 Å². The normalized spacial score (nSPS) is 24.0. The molecule has 1 saturated heterocycles. The van der Waals surface area contributed by atoms with Crippen LogP contribution in [0.4, 0.5) is 0 Å². The van der Waals surface area contributed by atoms with Gasteiger partial charge in [0.2, 0.25) is 10.0 Å². The summed E-state index contributed by atoms with van der Waals surface area (Å²) in [5, 5.41) is 3.31. The third-order valence-electron chi connectivity index (χ3n) is 3.90. The van der Waals surface area contributed by atoms with Crippen LogP contribution in [0.25, 0.3) is 0 Å². The fourth-order valence-corrected chi connectivity index (χ4v) is 3.92. The van der Waals surface area contributed by atoms with Crippen molar-refractivity contribution in [1.29, 1.82) is 0 Å². The number of piperidine rings is 1. The molecule has 2 rings (SSSR count). The highest BCUT2D eigenvalue weighted by Crippen LogP contribution is 2.20. The average molecular weight is 296 g/mol. The summed E-state index contributed by atoms with van der Waals surface area (Å²) >= 11 is 0. The van der Waals surface area contributed by atoms with Crippen LogP contribution >= 0.6 is 0 Å². The predicted octanol–water partition coefficient (Wildman–Crippen LogP) is 2.23. The largest absolute Gasteiger partial charge is 0.313 e. The molecule has 2 atom stereocenters. The Kier molecular flexibility index (Phi) is 4.83. The maximum Gasteiger partial charge on any atom is 0.240 e. The first-order valence-electron chi connectivity index (χ1n) is 7.26. The van der Waals surface area contributed by atoms with Crippen LogP contribution in [0.3, 0.4) is 0 Å². The second kappa shape index (κ2) is 6.24. The first kappa shape index (κ1) is 15.5. The number of benzene rings is 1. The van der Waals surface area contributed by atoms with Gasteiger partial charge in [-0.1, -0.05) is 26.0 Å². The fraction of sp³-hybridized carbons (Fsp3) is 0.600. The van der Waals surface area contributed by atoms with Crippen molar-refractivity contribution in [3.8, 4) is 0 Å². The molecule has 1 fully saturated rings. The van der Waals surface area contributed by atoms with Crippen molar-refractivity contribution in [3.05, 3.63) is 29.8 Å². The zero-order valence-corrected chi connectivity index (χ0v) is 13.2. The van der Waals surface area contributed by atoms with Crippen molar-refractivity contribution in [2.24, 2.45) is 0 Å². The van der Waals surface area contributed by atoms with E-state index in [1.54, 1.807) is 12.1 Å². The molecule has 112 valence electrons. The molecule has 0 saturated carbocycles. The van der Waals surface area contributed by atoms with E-state index < -0.39 is 10.0 Å². The van der Waals surface area contributed by atoms with Crippen LogP contribution in [0.1, 0.15) is 45.1 Å². The lowest BCUT2D eigenvalue weighted by Gasteiger charge is -2.30. The van der Waals surface area contributed by atoms with Gasteiger partial charge in [-0.2, -0.15) is 0 Å². The lowest BCUT2D eigenvalue weighted by atomic mass is 10.0. The minimum absolute atomic E-state index is 0.0311. The molecule has 0 bridgehead atoms. The first-order chi connectivity index (χ1) is 9.40. The van der Waals surface area contributed by atoms with Gasteiger partial charge in [-0.25, -0.2) is 13.1 Å². The average Bonchev–Trinajstić information content (AvgIpc) is 2.41. The minimum atomic E-state index is -3.44. The number of sulfonamides is 1. The molecule has 4 nitrogen and oxygen atoms in total. The van der Waals surface area contributed by atoms with E-state index in [2.05, 4.69) is 23.9 Å². The van der Waals surface area contributed by atoms with Gasteiger partial charge in [0.05, 0.1) is 4.90 Å². The Bertz CT molecular complexity index is 555. The monoisotopic (exact) mass is 296 g/mol. The van der Waals surface area contributed by atoms with E-state index in [0.717, 1.165) is 24.9 Å². The summed E-state index contributed by atoms with van der Waals surface area (Å²) in [4.78, 5) is 0.362. The molecule has 0 spiro atoms. The van der Waals surface area contributed by atoms with Crippen LogP contribution in [0.15, 0.2) is 29.2 Å². The highest BCUT2D eigenvalue weighted by molar-refractivity contribution is 7.89. The van der Waals surface area contributed by atoms with E-state index in [1.165, 1.54) is 0 Å². The number of hydrogen-bond acceptors (Lipinski definition) is 3. The highest BCUT2D eigenvalue weighted by Gasteiger charge is 2.26. The van der Waals surface area contributed by atoms with Gasteiger partial charge in [-0.05, 0) is 49.9 Å². The second-order valence-corrected chi connectivity index (χ2v) is 7.55. The number of hydrogen-bond donors (Lipinski definition) is 2. The smallest absolute Gasteiger partial charge is 0.240 e. The lowest BCUT2D eigenvalue weighted by Crippen LogP contribution is -2.51. The summed E-state index contributed by atoms with van der Waals surface area (Å²) < 4.78 is 27.8. The molecule has 0 radical (unpaired) electrons. The summed E-state index contributed by atoms with van der Waals surface area (Å²) in [6.45, 7) is 7.11. The van der Waals surface area contributed by atoms with Gasteiger partial charge >= 0.3 is 0 Å². The van der Waals surface area contributed by atoms with Gasteiger partial charge in [0.15, 0.2) is 0 Å². The maximum absolute atomic E-state index is 12.5. The van der Waals surface area contributed by atoms with Crippen LogP contribution in [0.2, 0.25) is 0 Å². The zero-order chi connectivity index (χ0) is 14.8. The highest BCUT2D eigenvalue weighted by atomic mass is 32.2. The van der Waals surface area contributed by atoms with Gasteiger partial charge in [0.25, 0.3) is 0 Å².